The van der Waals surface area contributed by atoms with Crippen molar-refractivity contribution < 1.29 is 22.8 Å². The number of benzene rings is 2. The van der Waals surface area contributed by atoms with Crippen LogP contribution in [0.4, 0.5) is 18.9 Å². The zero-order valence-corrected chi connectivity index (χ0v) is 13.5. The number of rotatable bonds is 2. The van der Waals surface area contributed by atoms with Gasteiger partial charge < -0.3 is 5.32 Å². The highest BCUT2D eigenvalue weighted by molar-refractivity contribution is 6.31. The van der Waals surface area contributed by atoms with Crippen LogP contribution in [0.25, 0.3) is 10.9 Å². The SMILES string of the molecule is CC(=O)n1cc(C(=O)Nc2ccc(F)c(F)c2F)c2ccc(Cl)cc21. The van der Waals surface area contributed by atoms with Gasteiger partial charge in [0.1, 0.15) is 0 Å². The maximum absolute atomic E-state index is 13.7. The van der Waals surface area contributed by atoms with Crippen LogP contribution < -0.4 is 5.32 Å². The van der Waals surface area contributed by atoms with Gasteiger partial charge in [0.2, 0.25) is 5.91 Å². The molecule has 0 radical (unpaired) electrons. The number of anilines is 1. The summed E-state index contributed by atoms with van der Waals surface area (Å²) in [4.78, 5) is 24.2. The minimum absolute atomic E-state index is 0.0611. The van der Waals surface area contributed by atoms with E-state index in [9.17, 15) is 22.8 Å². The number of aromatic nitrogens is 1. The Morgan fingerprint density at radius 3 is 2.48 bits per heavy atom. The predicted molar refractivity (Wildman–Crippen MR) is 87.5 cm³/mol. The highest BCUT2D eigenvalue weighted by Crippen LogP contribution is 2.27. The Kier molecular flexibility index (Phi) is 4.26. The van der Waals surface area contributed by atoms with Crippen LogP contribution in [0.5, 0.6) is 0 Å². The Morgan fingerprint density at radius 1 is 1.08 bits per heavy atom. The van der Waals surface area contributed by atoms with Gasteiger partial charge in [-0.1, -0.05) is 17.7 Å². The summed E-state index contributed by atoms with van der Waals surface area (Å²) in [5, 5.41) is 2.95. The fraction of sp³-hybridized carbons (Fsp3) is 0.0588. The zero-order chi connectivity index (χ0) is 18.3. The van der Waals surface area contributed by atoms with Crippen LogP contribution in [0.15, 0.2) is 36.5 Å². The second kappa shape index (κ2) is 6.25. The normalized spacial score (nSPS) is 10.9. The van der Waals surface area contributed by atoms with Crippen molar-refractivity contribution in [2.45, 2.75) is 6.92 Å². The molecule has 1 amide bonds. The number of fused-ring (bicyclic) bond motifs is 1. The van der Waals surface area contributed by atoms with Crippen LogP contribution in [-0.4, -0.2) is 16.4 Å². The van der Waals surface area contributed by atoms with E-state index in [1.165, 1.54) is 35.9 Å². The van der Waals surface area contributed by atoms with Gasteiger partial charge in [0.05, 0.1) is 16.8 Å². The molecule has 25 heavy (non-hydrogen) atoms. The molecule has 1 aromatic heterocycles. The van der Waals surface area contributed by atoms with E-state index < -0.39 is 29.0 Å². The van der Waals surface area contributed by atoms with Gasteiger partial charge in [-0.05, 0) is 24.3 Å². The molecule has 0 bridgehead atoms. The van der Waals surface area contributed by atoms with Crippen molar-refractivity contribution in [3.8, 4) is 0 Å². The average molecular weight is 367 g/mol. The molecule has 0 aliphatic heterocycles. The lowest BCUT2D eigenvalue weighted by molar-refractivity contribution is 0.0941. The summed E-state index contributed by atoms with van der Waals surface area (Å²) in [5.41, 5.74) is -0.0523. The predicted octanol–water partition coefficient (Wildman–Crippen LogP) is 4.62. The first kappa shape index (κ1) is 17.0. The fourth-order valence-electron chi connectivity index (χ4n) is 2.45. The maximum atomic E-state index is 13.7. The molecular formula is C17H10ClF3N2O2. The van der Waals surface area contributed by atoms with E-state index in [0.29, 0.717) is 22.0 Å². The minimum Gasteiger partial charge on any atom is -0.319 e. The number of amides is 1. The molecule has 1 heterocycles. The number of hydrogen-bond donors (Lipinski definition) is 1. The van der Waals surface area contributed by atoms with Crippen molar-refractivity contribution in [1.29, 1.82) is 0 Å². The highest BCUT2D eigenvalue weighted by Gasteiger charge is 2.20. The molecule has 0 unspecified atom stereocenters. The summed E-state index contributed by atoms with van der Waals surface area (Å²) in [6.07, 6.45) is 1.27. The number of carbonyl (C=O) groups excluding carboxylic acids is 2. The molecule has 4 nitrogen and oxygen atoms in total. The van der Waals surface area contributed by atoms with Crippen molar-refractivity contribution in [2.24, 2.45) is 0 Å². The third-order valence-corrected chi connectivity index (χ3v) is 3.87. The summed E-state index contributed by atoms with van der Waals surface area (Å²) in [7, 11) is 0. The van der Waals surface area contributed by atoms with Crippen molar-refractivity contribution in [2.75, 3.05) is 5.32 Å². The summed E-state index contributed by atoms with van der Waals surface area (Å²) in [6.45, 7) is 1.30. The largest absolute Gasteiger partial charge is 0.319 e. The van der Waals surface area contributed by atoms with E-state index in [-0.39, 0.29) is 11.5 Å². The molecule has 1 N–H and O–H groups in total. The van der Waals surface area contributed by atoms with Crippen LogP contribution >= 0.6 is 11.6 Å². The van der Waals surface area contributed by atoms with Gasteiger partial charge in [-0.2, -0.15) is 0 Å². The van der Waals surface area contributed by atoms with Crippen molar-refractivity contribution >= 4 is 40.0 Å². The van der Waals surface area contributed by atoms with Gasteiger partial charge in [-0.15, -0.1) is 0 Å². The van der Waals surface area contributed by atoms with Gasteiger partial charge in [0, 0.05) is 23.5 Å². The molecule has 0 spiro atoms. The van der Waals surface area contributed by atoms with E-state index in [1.807, 2.05) is 0 Å². The number of nitrogens with one attached hydrogen (secondary N) is 1. The molecule has 8 heteroatoms. The summed E-state index contributed by atoms with van der Waals surface area (Å²) in [6, 6.07) is 6.18. The van der Waals surface area contributed by atoms with E-state index in [4.69, 9.17) is 11.6 Å². The summed E-state index contributed by atoms with van der Waals surface area (Å²) in [5.74, 6) is -5.69. The minimum atomic E-state index is -1.68. The van der Waals surface area contributed by atoms with Crippen LogP contribution in [0.2, 0.25) is 5.02 Å². The first-order valence-electron chi connectivity index (χ1n) is 7.06. The Hall–Kier alpha value is -2.80. The topological polar surface area (TPSA) is 51.1 Å². The van der Waals surface area contributed by atoms with Gasteiger partial charge in [0.25, 0.3) is 5.91 Å². The molecule has 0 atom stereocenters. The first-order valence-corrected chi connectivity index (χ1v) is 7.43. The third kappa shape index (κ3) is 2.98. The van der Waals surface area contributed by atoms with Crippen LogP contribution in [0.1, 0.15) is 22.1 Å². The van der Waals surface area contributed by atoms with Crippen molar-refractivity contribution in [1.82, 2.24) is 4.57 Å². The zero-order valence-electron chi connectivity index (χ0n) is 12.7. The van der Waals surface area contributed by atoms with Crippen LogP contribution in [0, 0.1) is 17.5 Å². The maximum Gasteiger partial charge on any atom is 0.257 e. The fourth-order valence-corrected chi connectivity index (χ4v) is 2.62. The third-order valence-electron chi connectivity index (χ3n) is 3.63. The van der Waals surface area contributed by atoms with Crippen LogP contribution in [0.3, 0.4) is 0 Å². The molecule has 0 fully saturated rings. The lowest BCUT2D eigenvalue weighted by atomic mass is 10.1. The van der Waals surface area contributed by atoms with Gasteiger partial charge in [-0.3, -0.25) is 14.2 Å². The van der Waals surface area contributed by atoms with E-state index in [0.717, 1.165) is 6.07 Å². The molecule has 0 saturated heterocycles. The first-order chi connectivity index (χ1) is 11.8. The van der Waals surface area contributed by atoms with Gasteiger partial charge in [-0.25, -0.2) is 13.2 Å². The number of carbonyl (C=O) groups is 2. The van der Waals surface area contributed by atoms with Gasteiger partial charge >= 0.3 is 0 Å². The summed E-state index contributed by atoms with van der Waals surface area (Å²) < 4.78 is 41.2. The van der Waals surface area contributed by atoms with Gasteiger partial charge in [0.15, 0.2) is 17.5 Å². The molecular weight excluding hydrogens is 357 g/mol. The van der Waals surface area contributed by atoms with Crippen LogP contribution in [-0.2, 0) is 0 Å². The van der Waals surface area contributed by atoms with E-state index >= 15 is 0 Å². The number of halogens is 4. The Morgan fingerprint density at radius 2 is 1.80 bits per heavy atom. The lowest BCUT2D eigenvalue weighted by Gasteiger charge is -2.06. The summed E-state index contributed by atoms with van der Waals surface area (Å²) >= 11 is 5.91. The molecule has 3 rings (SSSR count). The lowest BCUT2D eigenvalue weighted by Crippen LogP contribution is -2.14. The second-order valence-electron chi connectivity index (χ2n) is 5.27. The number of hydrogen-bond acceptors (Lipinski definition) is 2. The molecule has 128 valence electrons. The Bertz CT molecular complexity index is 1030. The molecule has 2 aromatic carbocycles. The standard InChI is InChI=1S/C17H10ClF3N2O2/c1-8(24)23-7-11(10-3-2-9(18)6-14(10)23)17(25)22-13-5-4-12(19)15(20)16(13)21/h2-7H,1H3,(H,22,25). The van der Waals surface area contributed by atoms with E-state index in [2.05, 4.69) is 5.32 Å². The highest BCUT2D eigenvalue weighted by atomic mass is 35.5. The molecule has 3 aromatic rings. The molecule has 0 aliphatic rings. The Balaban J connectivity index is 2.06. The average Bonchev–Trinajstić information content (AvgIpc) is 2.94. The number of nitrogens with zero attached hydrogens (tertiary/aromatic N) is 1. The Labute approximate surface area is 144 Å². The van der Waals surface area contributed by atoms with E-state index in [1.54, 1.807) is 0 Å². The van der Waals surface area contributed by atoms with Crippen molar-refractivity contribution in [3.63, 3.8) is 0 Å². The monoisotopic (exact) mass is 366 g/mol. The smallest absolute Gasteiger partial charge is 0.257 e. The van der Waals surface area contributed by atoms with Crippen molar-refractivity contribution in [3.05, 3.63) is 64.6 Å². The molecule has 0 saturated carbocycles. The molecule has 0 aliphatic carbocycles. The second-order valence-corrected chi connectivity index (χ2v) is 5.71. The quantitative estimate of drug-likeness (QED) is 0.672.